The fourth-order valence-electron chi connectivity index (χ4n) is 3.18. The first-order valence-electron chi connectivity index (χ1n) is 8.77. The lowest BCUT2D eigenvalue weighted by Gasteiger charge is -2.38. The van der Waals surface area contributed by atoms with E-state index in [1.54, 1.807) is 23.3 Å². The molecule has 0 bridgehead atoms. The fourth-order valence-corrected chi connectivity index (χ4v) is 4.17. The van der Waals surface area contributed by atoms with Gasteiger partial charge in [-0.05, 0) is 18.4 Å². The first-order valence-corrected chi connectivity index (χ1v) is 9.65. The molecule has 2 amide bonds. The zero-order chi connectivity index (χ0) is 18.1. The number of rotatable bonds is 5. The summed E-state index contributed by atoms with van der Waals surface area (Å²) in [4.78, 5) is 31.0. The smallest absolute Gasteiger partial charge is 0.252 e. The van der Waals surface area contributed by atoms with Crippen LogP contribution in [0.25, 0.3) is 0 Å². The lowest BCUT2D eigenvalue weighted by molar-refractivity contribution is -0.162. The van der Waals surface area contributed by atoms with Gasteiger partial charge in [0.25, 0.3) is 5.91 Å². The predicted molar refractivity (Wildman–Crippen MR) is 97.6 cm³/mol. The van der Waals surface area contributed by atoms with Crippen LogP contribution in [0.5, 0.6) is 0 Å². The number of hydrogen-bond donors (Lipinski definition) is 1. The summed E-state index contributed by atoms with van der Waals surface area (Å²) in [6.07, 6.45) is 1.70. The molecule has 2 atom stereocenters. The molecule has 6 nitrogen and oxygen atoms in total. The second-order valence-electron chi connectivity index (χ2n) is 6.76. The van der Waals surface area contributed by atoms with E-state index in [2.05, 4.69) is 10.3 Å². The van der Waals surface area contributed by atoms with Gasteiger partial charge in [-0.25, -0.2) is 4.98 Å². The van der Waals surface area contributed by atoms with Crippen LogP contribution in [0.2, 0.25) is 0 Å². The minimum atomic E-state index is -0.735. The van der Waals surface area contributed by atoms with E-state index in [0.717, 1.165) is 16.3 Å². The molecule has 7 heteroatoms. The molecule has 2 aliphatic rings. The molecule has 26 heavy (non-hydrogen) atoms. The van der Waals surface area contributed by atoms with Crippen molar-refractivity contribution in [3.05, 3.63) is 52.0 Å². The third-order valence-electron chi connectivity index (χ3n) is 4.82. The number of carbonyl (C=O) groups excluding carboxylic acids is 2. The highest BCUT2D eigenvalue weighted by molar-refractivity contribution is 7.09. The maximum absolute atomic E-state index is 12.8. The summed E-state index contributed by atoms with van der Waals surface area (Å²) in [5.74, 6) is 0.268. The molecule has 1 aromatic heterocycles. The SMILES string of the molecule is CN1C(=O)COC(C(=O)NCc2csc(C3CC3)n2)C1c1ccccc1. The van der Waals surface area contributed by atoms with Crippen molar-refractivity contribution in [1.82, 2.24) is 15.2 Å². The van der Waals surface area contributed by atoms with E-state index in [9.17, 15) is 9.59 Å². The third-order valence-corrected chi connectivity index (χ3v) is 5.88. The number of nitrogens with one attached hydrogen (secondary N) is 1. The molecule has 2 heterocycles. The van der Waals surface area contributed by atoms with Gasteiger partial charge < -0.3 is 15.0 Å². The number of nitrogens with zero attached hydrogens (tertiary/aromatic N) is 2. The largest absolute Gasteiger partial charge is 0.356 e. The van der Waals surface area contributed by atoms with Gasteiger partial charge in [-0.3, -0.25) is 9.59 Å². The maximum atomic E-state index is 12.8. The zero-order valence-electron chi connectivity index (χ0n) is 14.6. The number of benzene rings is 1. The second kappa shape index (κ2) is 7.17. The zero-order valence-corrected chi connectivity index (χ0v) is 15.4. The highest BCUT2D eigenvalue weighted by atomic mass is 32.1. The Morgan fingerprint density at radius 1 is 1.35 bits per heavy atom. The molecule has 1 aliphatic heterocycles. The quantitative estimate of drug-likeness (QED) is 0.875. The number of aromatic nitrogens is 1. The van der Waals surface area contributed by atoms with Crippen LogP contribution in [0, 0.1) is 0 Å². The lowest BCUT2D eigenvalue weighted by Crippen LogP contribution is -2.52. The molecule has 136 valence electrons. The minimum Gasteiger partial charge on any atom is -0.356 e. The Morgan fingerprint density at radius 3 is 2.85 bits per heavy atom. The Bertz CT molecular complexity index is 803. The number of hydrogen-bond acceptors (Lipinski definition) is 5. The molecule has 1 aromatic carbocycles. The van der Waals surface area contributed by atoms with Crippen molar-refractivity contribution in [2.45, 2.75) is 37.5 Å². The summed E-state index contributed by atoms with van der Waals surface area (Å²) in [6, 6.07) is 9.08. The molecule has 1 saturated heterocycles. The molecular weight excluding hydrogens is 350 g/mol. The fraction of sp³-hybridized carbons (Fsp3) is 0.421. The monoisotopic (exact) mass is 371 g/mol. The molecular formula is C19H21N3O3S. The van der Waals surface area contributed by atoms with Crippen LogP contribution in [0.15, 0.2) is 35.7 Å². The molecule has 1 saturated carbocycles. The molecule has 0 spiro atoms. The highest BCUT2D eigenvalue weighted by Crippen LogP contribution is 2.41. The van der Waals surface area contributed by atoms with Crippen molar-refractivity contribution >= 4 is 23.2 Å². The second-order valence-corrected chi connectivity index (χ2v) is 7.65. The molecule has 2 fully saturated rings. The van der Waals surface area contributed by atoms with Crippen molar-refractivity contribution in [3.63, 3.8) is 0 Å². The first kappa shape index (κ1) is 17.2. The Balaban J connectivity index is 1.46. The topological polar surface area (TPSA) is 71.5 Å². The van der Waals surface area contributed by atoms with Crippen LogP contribution >= 0.6 is 11.3 Å². The minimum absolute atomic E-state index is 0.0829. The van der Waals surface area contributed by atoms with E-state index >= 15 is 0 Å². The van der Waals surface area contributed by atoms with Crippen LogP contribution in [-0.4, -0.2) is 41.5 Å². The summed E-state index contributed by atoms with van der Waals surface area (Å²) in [5, 5.41) is 6.08. The number of ether oxygens (including phenoxy) is 1. The number of thiazole rings is 1. The number of morpholine rings is 1. The predicted octanol–water partition coefficient (Wildman–Crippen LogP) is 2.24. The van der Waals surface area contributed by atoms with Gasteiger partial charge in [0.1, 0.15) is 6.61 Å². The van der Waals surface area contributed by atoms with Crippen LogP contribution in [0.4, 0.5) is 0 Å². The number of amides is 2. The van der Waals surface area contributed by atoms with Gasteiger partial charge in [0, 0.05) is 18.3 Å². The summed E-state index contributed by atoms with van der Waals surface area (Å²) in [6.45, 7) is 0.293. The average Bonchev–Trinajstić information content (AvgIpc) is 3.41. The van der Waals surface area contributed by atoms with Crippen molar-refractivity contribution < 1.29 is 14.3 Å². The number of carbonyl (C=O) groups is 2. The van der Waals surface area contributed by atoms with Crippen molar-refractivity contribution in [1.29, 1.82) is 0 Å². The van der Waals surface area contributed by atoms with E-state index in [1.165, 1.54) is 12.8 Å². The Kier molecular flexibility index (Phi) is 4.74. The maximum Gasteiger partial charge on any atom is 0.252 e. The summed E-state index contributed by atoms with van der Waals surface area (Å²) < 4.78 is 5.61. The van der Waals surface area contributed by atoms with E-state index in [-0.39, 0.29) is 18.4 Å². The van der Waals surface area contributed by atoms with Crippen LogP contribution < -0.4 is 5.32 Å². The lowest BCUT2D eigenvalue weighted by atomic mass is 9.97. The summed E-state index contributed by atoms with van der Waals surface area (Å²) in [7, 11) is 1.71. The Hall–Kier alpha value is -2.25. The van der Waals surface area contributed by atoms with Gasteiger partial charge >= 0.3 is 0 Å². The van der Waals surface area contributed by atoms with E-state index in [1.807, 2.05) is 35.7 Å². The molecule has 0 radical (unpaired) electrons. The highest BCUT2D eigenvalue weighted by Gasteiger charge is 2.39. The van der Waals surface area contributed by atoms with Gasteiger partial charge in [-0.1, -0.05) is 30.3 Å². The molecule has 2 aromatic rings. The Labute approximate surface area is 156 Å². The van der Waals surface area contributed by atoms with Crippen molar-refractivity contribution in [3.8, 4) is 0 Å². The van der Waals surface area contributed by atoms with E-state index in [0.29, 0.717) is 12.5 Å². The standard InChI is InChI=1S/C19H21N3O3S/c1-22-15(23)10-25-17(16(22)12-5-3-2-4-6-12)18(24)20-9-14-11-26-19(21-14)13-7-8-13/h2-6,11,13,16-17H,7-10H2,1H3,(H,20,24). The van der Waals surface area contributed by atoms with Crippen molar-refractivity contribution in [2.75, 3.05) is 13.7 Å². The van der Waals surface area contributed by atoms with Gasteiger partial charge in [0.15, 0.2) is 6.10 Å². The van der Waals surface area contributed by atoms with Gasteiger partial charge in [-0.2, -0.15) is 0 Å². The van der Waals surface area contributed by atoms with Gasteiger partial charge in [0.05, 0.1) is 23.3 Å². The summed E-state index contributed by atoms with van der Waals surface area (Å²) >= 11 is 1.66. The van der Waals surface area contributed by atoms with Gasteiger partial charge in [0.2, 0.25) is 5.91 Å². The van der Waals surface area contributed by atoms with E-state index < -0.39 is 12.1 Å². The first-order chi connectivity index (χ1) is 12.6. The van der Waals surface area contributed by atoms with Crippen molar-refractivity contribution in [2.24, 2.45) is 0 Å². The molecule has 1 N–H and O–H groups in total. The number of likely N-dealkylation sites (N-methyl/N-ethyl adjacent to an activating group) is 1. The molecule has 1 aliphatic carbocycles. The van der Waals surface area contributed by atoms with Gasteiger partial charge in [-0.15, -0.1) is 11.3 Å². The van der Waals surface area contributed by atoms with Crippen LogP contribution in [0.3, 0.4) is 0 Å². The van der Waals surface area contributed by atoms with Crippen LogP contribution in [0.1, 0.15) is 41.1 Å². The third kappa shape index (κ3) is 3.50. The van der Waals surface area contributed by atoms with E-state index in [4.69, 9.17) is 4.74 Å². The molecule has 2 unspecified atom stereocenters. The Morgan fingerprint density at radius 2 is 2.12 bits per heavy atom. The average molecular weight is 371 g/mol. The normalized spacial score (nSPS) is 23.1. The van der Waals surface area contributed by atoms with Crippen LogP contribution in [-0.2, 0) is 20.9 Å². The summed E-state index contributed by atoms with van der Waals surface area (Å²) in [5.41, 5.74) is 1.76. The molecule has 4 rings (SSSR count).